The minimum absolute atomic E-state index is 0. The summed E-state index contributed by atoms with van der Waals surface area (Å²) in [6, 6.07) is 0.152. The van der Waals surface area contributed by atoms with Crippen molar-refractivity contribution in [2.24, 2.45) is 11.8 Å². The number of ether oxygens (including phenoxy) is 1. The predicted octanol–water partition coefficient (Wildman–Crippen LogP) is 1.98. The van der Waals surface area contributed by atoms with Gasteiger partial charge in [0.1, 0.15) is 0 Å². The van der Waals surface area contributed by atoms with Gasteiger partial charge in [0.05, 0.1) is 12.6 Å². The lowest BCUT2D eigenvalue weighted by Crippen LogP contribution is -2.40. The van der Waals surface area contributed by atoms with Gasteiger partial charge in [-0.15, -0.1) is 12.4 Å². The predicted molar refractivity (Wildman–Crippen MR) is 80.7 cm³/mol. The largest absolute Gasteiger partial charge is 0.383 e. The van der Waals surface area contributed by atoms with E-state index in [2.05, 4.69) is 24.5 Å². The van der Waals surface area contributed by atoms with Crippen LogP contribution in [0.15, 0.2) is 0 Å². The molecule has 2 N–H and O–H groups in total. The van der Waals surface area contributed by atoms with E-state index in [1.807, 2.05) is 0 Å². The molecule has 19 heavy (non-hydrogen) atoms. The van der Waals surface area contributed by atoms with Gasteiger partial charge in [-0.2, -0.15) is 0 Å². The van der Waals surface area contributed by atoms with Crippen molar-refractivity contribution in [3.05, 3.63) is 0 Å². The molecule has 5 heteroatoms. The molecule has 3 unspecified atom stereocenters. The molecule has 0 aromatic heterocycles. The van der Waals surface area contributed by atoms with Crippen LogP contribution in [-0.4, -0.2) is 38.8 Å². The van der Waals surface area contributed by atoms with Crippen LogP contribution in [0, 0.1) is 11.8 Å². The lowest BCUT2D eigenvalue weighted by molar-refractivity contribution is -0.123. The summed E-state index contributed by atoms with van der Waals surface area (Å²) < 4.78 is 5.09. The topological polar surface area (TPSA) is 50.4 Å². The average Bonchev–Trinajstić information content (AvgIpc) is 2.39. The molecule has 0 bridgehead atoms. The van der Waals surface area contributed by atoms with E-state index in [9.17, 15) is 4.79 Å². The SMILES string of the molecule is CCC(COC)NC(=O)CC(C)C1CCCNC1.Cl. The highest BCUT2D eigenvalue weighted by molar-refractivity contribution is 5.85. The van der Waals surface area contributed by atoms with Gasteiger partial charge in [-0.1, -0.05) is 13.8 Å². The molecule has 3 atom stereocenters. The number of methoxy groups -OCH3 is 1. The molecule has 0 aromatic carbocycles. The Morgan fingerprint density at radius 2 is 2.26 bits per heavy atom. The zero-order valence-electron chi connectivity index (χ0n) is 12.4. The molecule has 1 amide bonds. The van der Waals surface area contributed by atoms with Crippen molar-refractivity contribution in [1.29, 1.82) is 0 Å². The van der Waals surface area contributed by atoms with Gasteiger partial charge in [0.25, 0.3) is 0 Å². The van der Waals surface area contributed by atoms with Gasteiger partial charge in [-0.3, -0.25) is 4.79 Å². The molecule has 0 radical (unpaired) electrons. The third-order valence-electron chi connectivity index (χ3n) is 3.87. The highest BCUT2D eigenvalue weighted by Crippen LogP contribution is 2.22. The van der Waals surface area contributed by atoms with Gasteiger partial charge in [-0.25, -0.2) is 0 Å². The van der Waals surface area contributed by atoms with Gasteiger partial charge in [0, 0.05) is 13.5 Å². The van der Waals surface area contributed by atoms with Crippen molar-refractivity contribution >= 4 is 18.3 Å². The number of hydrogen-bond donors (Lipinski definition) is 2. The van der Waals surface area contributed by atoms with Crippen LogP contribution in [-0.2, 0) is 9.53 Å². The maximum absolute atomic E-state index is 12.0. The third kappa shape index (κ3) is 7.14. The summed E-state index contributed by atoms with van der Waals surface area (Å²) in [4.78, 5) is 12.0. The van der Waals surface area contributed by atoms with E-state index in [0.717, 1.165) is 19.5 Å². The second-order valence-corrected chi connectivity index (χ2v) is 5.42. The van der Waals surface area contributed by atoms with E-state index in [0.29, 0.717) is 24.9 Å². The first kappa shape index (κ1) is 18.7. The van der Waals surface area contributed by atoms with Crippen molar-refractivity contribution in [3.63, 3.8) is 0 Å². The van der Waals surface area contributed by atoms with E-state index in [1.54, 1.807) is 7.11 Å². The molecule has 0 saturated carbocycles. The summed E-state index contributed by atoms with van der Waals surface area (Å²) >= 11 is 0. The van der Waals surface area contributed by atoms with E-state index in [1.165, 1.54) is 12.8 Å². The Morgan fingerprint density at radius 3 is 2.79 bits per heavy atom. The summed E-state index contributed by atoms with van der Waals surface area (Å²) in [5, 5.41) is 6.46. The van der Waals surface area contributed by atoms with Crippen LogP contribution in [0.1, 0.15) is 39.5 Å². The first-order valence-electron chi connectivity index (χ1n) is 7.16. The van der Waals surface area contributed by atoms with Crippen LogP contribution in [0.2, 0.25) is 0 Å². The fraction of sp³-hybridized carbons (Fsp3) is 0.929. The Labute approximate surface area is 123 Å². The van der Waals surface area contributed by atoms with E-state index in [4.69, 9.17) is 4.74 Å². The summed E-state index contributed by atoms with van der Waals surface area (Å²) in [5.74, 6) is 1.27. The van der Waals surface area contributed by atoms with Crippen molar-refractivity contribution < 1.29 is 9.53 Å². The van der Waals surface area contributed by atoms with Gasteiger partial charge in [0.2, 0.25) is 5.91 Å². The minimum atomic E-state index is 0. The quantitative estimate of drug-likeness (QED) is 0.754. The number of halogens is 1. The Morgan fingerprint density at radius 1 is 1.53 bits per heavy atom. The lowest BCUT2D eigenvalue weighted by atomic mass is 9.85. The van der Waals surface area contributed by atoms with Crippen molar-refractivity contribution in [2.45, 2.75) is 45.6 Å². The summed E-state index contributed by atoms with van der Waals surface area (Å²) in [7, 11) is 1.67. The van der Waals surface area contributed by atoms with Gasteiger partial charge in [0.15, 0.2) is 0 Å². The van der Waals surface area contributed by atoms with Crippen LogP contribution in [0.3, 0.4) is 0 Å². The molecule has 4 nitrogen and oxygen atoms in total. The molecular weight excluding hydrogens is 264 g/mol. The van der Waals surface area contributed by atoms with Crippen molar-refractivity contribution in [3.8, 4) is 0 Å². The molecule has 0 aliphatic carbocycles. The molecule has 114 valence electrons. The third-order valence-corrected chi connectivity index (χ3v) is 3.87. The van der Waals surface area contributed by atoms with Gasteiger partial charge in [-0.05, 0) is 44.2 Å². The first-order chi connectivity index (χ1) is 8.67. The van der Waals surface area contributed by atoms with Crippen LogP contribution < -0.4 is 10.6 Å². The molecule has 1 fully saturated rings. The number of piperidine rings is 1. The molecule has 0 spiro atoms. The fourth-order valence-electron chi connectivity index (χ4n) is 2.57. The summed E-state index contributed by atoms with van der Waals surface area (Å²) in [6.45, 7) is 7.04. The van der Waals surface area contributed by atoms with E-state index < -0.39 is 0 Å². The summed E-state index contributed by atoms with van der Waals surface area (Å²) in [5.41, 5.74) is 0. The first-order valence-corrected chi connectivity index (χ1v) is 7.16. The van der Waals surface area contributed by atoms with E-state index in [-0.39, 0.29) is 24.4 Å². The molecular formula is C14H29ClN2O2. The molecule has 1 aliphatic rings. The van der Waals surface area contributed by atoms with Gasteiger partial charge >= 0.3 is 0 Å². The molecule has 1 saturated heterocycles. The van der Waals surface area contributed by atoms with E-state index >= 15 is 0 Å². The maximum Gasteiger partial charge on any atom is 0.220 e. The lowest BCUT2D eigenvalue weighted by Gasteiger charge is -2.28. The molecule has 1 rings (SSSR count). The Balaban J connectivity index is 0.00000324. The number of amides is 1. The highest BCUT2D eigenvalue weighted by Gasteiger charge is 2.22. The number of hydrogen-bond acceptors (Lipinski definition) is 3. The van der Waals surface area contributed by atoms with Gasteiger partial charge < -0.3 is 15.4 Å². The minimum Gasteiger partial charge on any atom is -0.383 e. The zero-order valence-corrected chi connectivity index (χ0v) is 13.2. The van der Waals surface area contributed by atoms with Crippen LogP contribution >= 0.6 is 12.4 Å². The zero-order chi connectivity index (χ0) is 13.4. The number of rotatable bonds is 7. The average molecular weight is 293 g/mol. The van der Waals surface area contributed by atoms with Crippen LogP contribution in [0.25, 0.3) is 0 Å². The molecule has 1 aliphatic heterocycles. The molecule has 1 heterocycles. The second-order valence-electron chi connectivity index (χ2n) is 5.42. The molecule has 0 aromatic rings. The normalized spacial score (nSPS) is 22.2. The Kier molecular flexibility index (Phi) is 10.3. The number of carbonyl (C=O) groups excluding carboxylic acids is 1. The van der Waals surface area contributed by atoms with Crippen molar-refractivity contribution in [2.75, 3.05) is 26.8 Å². The Bertz CT molecular complexity index is 246. The number of nitrogens with one attached hydrogen (secondary N) is 2. The smallest absolute Gasteiger partial charge is 0.220 e. The van der Waals surface area contributed by atoms with Crippen molar-refractivity contribution in [1.82, 2.24) is 10.6 Å². The second kappa shape index (κ2) is 10.5. The highest BCUT2D eigenvalue weighted by atomic mass is 35.5. The standard InChI is InChI=1S/C14H28N2O2.ClH/c1-4-13(10-18-3)16-14(17)8-11(2)12-6-5-7-15-9-12;/h11-13,15H,4-10H2,1-3H3,(H,16,17);1H. The summed E-state index contributed by atoms with van der Waals surface area (Å²) in [6.07, 6.45) is 4.03. The monoisotopic (exact) mass is 292 g/mol. The maximum atomic E-state index is 12.0. The van der Waals surface area contributed by atoms with Crippen LogP contribution in [0.5, 0.6) is 0 Å². The van der Waals surface area contributed by atoms with Crippen LogP contribution in [0.4, 0.5) is 0 Å². The number of carbonyl (C=O) groups is 1. The Hall–Kier alpha value is -0.320. The fourth-order valence-corrected chi connectivity index (χ4v) is 2.57.